The first-order chi connectivity index (χ1) is 10.3. The highest BCUT2D eigenvalue weighted by atomic mass is 32.1. The number of rotatable bonds is 5. The minimum Gasteiger partial charge on any atom is -0.429 e. The lowest BCUT2D eigenvalue weighted by molar-refractivity contribution is -0.606. The van der Waals surface area contributed by atoms with E-state index in [0.717, 1.165) is 5.84 Å². The molecule has 1 aliphatic rings. The molecular weight excluding hydrogens is 277 g/mol. The van der Waals surface area contributed by atoms with E-state index in [2.05, 4.69) is 70.5 Å². The largest absolute Gasteiger partial charge is 0.429 e. The smallest absolute Gasteiger partial charge is 0.376 e. The van der Waals surface area contributed by atoms with Crippen molar-refractivity contribution in [3.8, 4) is 0 Å². The predicted octanol–water partition coefficient (Wildman–Crippen LogP) is 2.10. The molecule has 21 heavy (non-hydrogen) atoms. The number of benzene rings is 1. The zero-order valence-corrected chi connectivity index (χ0v) is 13.6. The van der Waals surface area contributed by atoms with Crippen LogP contribution < -0.4 is 14.7 Å². The summed E-state index contributed by atoms with van der Waals surface area (Å²) < 4.78 is 2.45. The molecule has 1 aromatic heterocycles. The fourth-order valence-electron chi connectivity index (χ4n) is 3.54. The highest BCUT2D eigenvalue weighted by Gasteiger charge is 2.41. The summed E-state index contributed by atoms with van der Waals surface area (Å²) in [5, 5.41) is 6.99. The number of fused-ring (bicyclic) bond motifs is 1. The van der Waals surface area contributed by atoms with Gasteiger partial charge in [0.05, 0.1) is 11.8 Å². The van der Waals surface area contributed by atoms with E-state index in [4.69, 9.17) is 0 Å². The van der Waals surface area contributed by atoms with Crippen LogP contribution >= 0.6 is 11.3 Å². The highest BCUT2D eigenvalue weighted by molar-refractivity contribution is 7.13. The first-order valence-electron chi connectivity index (χ1n) is 7.94. The van der Waals surface area contributed by atoms with Crippen molar-refractivity contribution in [2.24, 2.45) is 0 Å². The maximum atomic E-state index is 3.87. The van der Waals surface area contributed by atoms with Gasteiger partial charge in [0.2, 0.25) is 5.84 Å². The van der Waals surface area contributed by atoms with Gasteiger partial charge in [-0.2, -0.15) is 0 Å². The summed E-state index contributed by atoms with van der Waals surface area (Å²) in [6.45, 7) is 4.55. The standard InChI is InChI=1S/C16H23BN3S/c1-3-10-17(11-4-2)19-15(14-8-6-5-7-9-14)18-16-20(17)12-13-21-16/h5-9,12-13,18-19H,3-4,10-11H2,1-2H3/q+1. The molecule has 0 radical (unpaired) electrons. The summed E-state index contributed by atoms with van der Waals surface area (Å²) in [7, 11) is 0. The number of anilines is 1. The summed E-state index contributed by atoms with van der Waals surface area (Å²) in [6.07, 6.45) is 6.23. The molecule has 0 atom stereocenters. The van der Waals surface area contributed by atoms with Gasteiger partial charge in [0.25, 0.3) is 5.13 Å². The number of nitrogens with zero attached hydrogens (tertiary/aromatic N) is 1. The average Bonchev–Trinajstić information content (AvgIpc) is 2.98. The summed E-state index contributed by atoms with van der Waals surface area (Å²) in [5.74, 6) is 1.15. The van der Waals surface area contributed by atoms with Crippen LogP contribution in [0.15, 0.2) is 41.9 Å². The SMILES string of the molecule is CCC[B-]1(CCC)[NH+]=C(c2ccccc2)Nc2scc[n+]21. The topological polar surface area (TPSA) is 29.9 Å². The third-order valence-electron chi connectivity index (χ3n) is 4.41. The van der Waals surface area contributed by atoms with Crippen molar-refractivity contribution in [3.05, 3.63) is 47.5 Å². The molecule has 0 spiro atoms. The molecule has 5 heteroatoms. The van der Waals surface area contributed by atoms with Crippen molar-refractivity contribution in [3.63, 3.8) is 0 Å². The molecule has 2 N–H and O–H groups in total. The van der Waals surface area contributed by atoms with Crippen LogP contribution in [0.1, 0.15) is 32.3 Å². The third kappa shape index (κ3) is 2.62. The molecule has 0 fully saturated rings. The molecule has 110 valence electrons. The molecule has 0 saturated carbocycles. The first kappa shape index (κ1) is 14.3. The molecule has 0 amide bonds. The fourth-order valence-corrected chi connectivity index (χ4v) is 4.40. The lowest BCUT2D eigenvalue weighted by Crippen LogP contribution is -3.03. The number of amidine groups is 1. The fraction of sp³-hybridized carbons (Fsp3) is 0.375. The van der Waals surface area contributed by atoms with Crippen molar-refractivity contribution >= 4 is 28.7 Å². The Morgan fingerprint density at radius 3 is 2.52 bits per heavy atom. The summed E-state index contributed by atoms with van der Waals surface area (Å²) in [4.78, 5) is 3.87. The van der Waals surface area contributed by atoms with Crippen LogP contribution in [-0.4, -0.2) is 12.3 Å². The molecule has 0 saturated heterocycles. The van der Waals surface area contributed by atoms with E-state index >= 15 is 0 Å². The van der Waals surface area contributed by atoms with E-state index in [9.17, 15) is 0 Å². The molecule has 0 unspecified atom stereocenters. The van der Waals surface area contributed by atoms with Crippen molar-refractivity contribution in [1.82, 2.24) is 0 Å². The van der Waals surface area contributed by atoms with Gasteiger partial charge in [-0.25, -0.2) is 5.32 Å². The van der Waals surface area contributed by atoms with Crippen molar-refractivity contribution in [1.29, 1.82) is 0 Å². The van der Waals surface area contributed by atoms with Gasteiger partial charge < -0.3 is 9.38 Å². The van der Waals surface area contributed by atoms with Crippen molar-refractivity contribution < 1.29 is 9.38 Å². The van der Waals surface area contributed by atoms with Crippen LogP contribution in [-0.2, 0) is 0 Å². The van der Waals surface area contributed by atoms with Crippen LogP contribution in [0.3, 0.4) is 0 Å². The molecule has 2 aromatic rings. The van der Waals surface area contributed by atoms with Crippen LogP contribution in [0.5, 0.6) is 0 Å². The Bertz CT molecular complexity index is 630. The zero-order chi connectivity index (χ0) is 14.7. The van der Waals surface area contributed by atoms with E-state index in [0.29, 0.717) is 0 Å². The lowest BCUT2D eigenvalue weighted by Gasteiger charge is -2.34. The quantitative estimate of drug-likeness (QED) is 0.814. The lowest BCUT2D eigenvalue weighted by atomic mass is 9.40. The molecule has 0 aliphatic carbocycles. The second kappa shape index (κ2) is 6.02. The molecule has 0 bridgehead atoms. The monoisotopic (exact) mass is 300 g/mol. The minimum absolute atomic E-state index is 0.776. The van der Waals surface area contributed by atoms with Gasteiger partial charge in [0.15, 0.2) is 0 Å². The third-order valence-corrected chi connectivity index (χ3v) is 5.20. The van der Waals surface area contributed by atoms with Gasteiger partial charge in [-0.3, -0.25) is 0 Å². The Morgan fingerprint density at radius 2 is 1.86 bits per heavy atom. The molecule has 3 nitrogen and oxygen atoms in total. The Morgan fingerprint density at radius 1 is 1.14 bits per heavy atom. The van der Waals surface area contributed by atoms with Gasteiger partial charge in [-0.1, -0.05) is 68.9 Å². The van der Waals surface area contributed by atoms with E-state index in [-0.39, 0.29) is 0 Å². The number of hydrogen-bond donors (Lipinski definition) is 2. The van der Waals surface area contributed by atoms with Crippen LogP contribution in [0.2, 0.25) is 12.6 Å². The number of thiazole rings is 1. The van der Waals surface area contributed by atoms with E-state index in [1.165, 1.54) is 36.2 Å². The van der Waals surface area contributed by atoms with E-state index in [1.807, 2.05) is 0 Å². The Labute approximate surface area is 130 Å². The van der Waals surface area contributed by atoms with Crippen molar-refractivity contribution in [2.45, 2.75) is 39.3 Å². The molecule has 3 rings (SSSR count). The zero-order valence-electron chi connectivity index (χ0n) is 12.8. The second-order valence-corrected chi connectivity index (χ2v) is 6.79. The second-order valence-electron chi connectivity index (χ2n) is 5.89. The Hall–Kier alpha value is -1.62. The van der Waals surface area contributed by atoms with Crippen LogP contribution in [0.4, 0.5) is 5.13 Å². The van der Waals surface area contributed by atoms with E-state index < -0.39 is 6.42 Å². The summed E-state index contributed by atoms with van der Waals surface area (Å²) >= 11 is 1.78. The summed E-state index contributed by atoms with van der Waals surface area (Å²) in [5.41, 5.74) is 1.23. The predicted molar refractivity (Wildman–Crippen MR) is 91.0 cm³/mol. The van der Waals surface area contributed by atoms with Gasteiger partial charge in [0, 0.05) is 5.38 Å². The molecule has 2 heterocycles. The first-order valence-corrected chi connectivity index (χ1v) is 8.82. The normalized spacial score (nSPS) is 16.0. The minimum atomic E-state index is -0.776. The Kier molecular flexibility index (Phi) is 4.11. The van der Waals surface area contributed by atoms with Gasteiger partial charge >= 0.3 is 6.42 Å². The average molecular weight is 300 g/mol. The number of nitrogens with one attached hydrogen (secondary N) is 2. The molecule has 1 aliphatic heterocycles. The van der Waals surface area contributed by atoms with Gasteiger partial charge in [-0.05, 0) is 12.1 Å². The van der Waals surface area contributed by atoms with Gasteiger partial charge in [-0.15, -0.1) is 0 Å². The summed E-state index contributed by atoms with van der Waals surface area (Å²) in [6, 6.07) is 10.6. The highest BCUT2D eigenvalue weighted by Crippen LogP contribution is 2.19. The molecule has 1 aromatic carbocycles. The van der Waals surface area contributed by atoms with Crippen LogP contribution in [0.25, 0.3) is 0 Å². The van der Waals surface area contributed by atoms with Crippen LogP contribution in [0, 0.1) is 0 Å². The maximum Gasteiger partial charge on any atom is 0.376 e. The molecular formula is C16H23BN3S+. The van der Waals surface area contributed by atoms with E-state index in [1.54, 1.807) is 11.3 Å². The number of hydrogen-bond acceptors (Lipinski definition) is 2. The Balaban J connectivity index is 2.09. The number of aromatic nitrogens is 1. The van der Waals surface area contributed by atoms with Crippen molar-refractivity contribution in [2.75, 3.05) is 5.32 Å². The maximum absolute atomic E-state index is 3.87. The van der Waals surface area contributed by atoms with Gasteiger partial charge in [0.1, 0.15) is 0 Å².